The summed E-state index contributed by atoms with van der Waals surface area (Å²) < 4.78 is 4.86. The summed E-state index contributed by atoms with van der Waals surface area (Å²) in [5.41, 5.74) is 5.03. The molecular weight excluding hydrogens is 150 g/mol. The maximum absolute atomic E-state index is 10.6. The number of ether oxygens (including phenoxy) is 1. The second kappa shape index (κ2) is 2.70. The molecule has 0 aliphatic rings. The first-order chi connectivity index (χ1) is 4.75. The molecule has 1 heterocycles. The summed E-state index contributed by atoms with van der Waals surface area (Å²) in [6.07, 6.45) is 0. The van der Waals surface area contributed by atoms with Gasteiger partial charge in [0, 0.05) is 0 Å². The maximum atomic E-state index is 10.6. The number of primary amides is 1. The Bertz CT molecular complexity index is 244. The highest BCUT2D eigenvalue weighted by atomic mass is 32.1. The van der Waals surface area contributed by atoms with E-state index in [-0.39, 0.29) is 0 Å². The number of thiophene rings is 1. The van der Waals surface area contributed by atoms with Crippen LogP contribution in [-0.4, -0.2) is 13.0 Å². The zero-order valence-electron chi connectivity index (χ0n) is 5.46. The summed E-state index contributed by atoms with van der Waals surface area (Å²) in [6.45, 7) is 0. The minimum Gasteiger partial charge on any atom is -0.495 e. The highest BCUT2D eigenvalue weighted by molar-refractivity contribution is 7.12. The molecule has 1 rings (SSSR count). The van der Waals surface area contributed by atoms with Crippen molar-refractivity contribution < 1.29 is 9.53 Å². The Balaban J connectivity index is 3.01. The molecule has 0 unspecified atom stereocenters. The van der Waals surface area contributed by atoms with Crippen molar-refractivity contribution in [1.29, 1.82) is 0 Å². The topological polar surface area (TPSA) is 52.3 Å². The van der Waals surface area contributed by atoms with Crippen LogP contribution in [-0.2, 0) is 0 Å². The second-order valence-electron chi connectivity index (χ2n) is 1.68. The lowest BCUT2D eigenvalue weighted by Crippen LogP contribution is -2.09. The molecule has 0 saturated carbocycles. The van der Waals surface area contributed by atoms with Crippen molar-refractivity contribution in [3.63, 3.8) is 0 Å². The molecule has 0 spiro atoms. The SMILES string of the molecule is COc1ccsc1C(N)=O. The van der Waals surface area contributed by atoms with E-state index in [1.54, 1.807) is 11.4 Å². The molecule has 3 nitrogen and oxygen atoms in total. The van der Waals surface area contributed by atoms with Crippen LogP contribution in [0.3, 0.4) is 0 Å². The fourth-order valence-electron chi connectivity index (χ4n) is 0.638. The molecule has 54 valence electrons. The first-order valence-corrected chi connectivity index (χ1v) is 3.55. The summed E-state index contributed by atoms with van der Waals surface area (Å²) in [6, 6.07) is 1.71. The van der Waals surface area contributed by atoms with E-state index in [2.05, 4.69) is 0 Å². The minimum atomic E-state index is -0.438. The predicted octanol–water partition coefficient (Wildman–Crippen LogP) is 0.856. The van der Waals surface area contributed by atoms with Gasteiger partial charge in [-0.3, -0.25) is 4.79 Å². The minimum absolute atomic E-state index is 0.438. The molecular formula is C6H7NO2S. The van der Waals surface area contributed by atoms with Crippen molar-refractivity contribution in [2.24, 2.45) is 5.73 Å². The van der Waals surface area contributed by atoms with Gasteiger partial charge in [0.1, 0.15) is 10.6 Å². The summed E-state index contributed by atoms with van der Waals surface area (Å²) in [5.74, 6) is 0.115. The van der Waals surface area contributed by atoms with E-state index in [0.717, 1.165) is 0 Å². The van der Waals surface area contributed by atoms with Crippen LogP contribution in [0.5, 0.6) is 5.75 Å². The van der Waals surface area contributed by atoms with Gasteiger partial charge in [0.25, 0.3) is 5.91 Å². The number of carbonyl (C=O) groups excluding carboxylic acids is 1. The van der Waals surface area contributed by atoms with Gasteiger partial charge in [0.05, 0.1) is 7.11 Å². The number of hydrogen-bond acceptors (Lipinski definition) is 3. The zero-order valence-corrected chi connectivity index (χ0v) is 6.27. The van der Waals surface area contributed by atoms with Crippen LogP contribution in [0.2, 0.25) is 0 Å². The number of methoxy groups -OCH3 is 1. The molecule has 0 aromatic carbocycles. The Labute approximate surface area is 62.4 Å². The highest BCUT2D eigenvalue weighted by Gasteiger charge is 2.08. The fourth-order valence-corrected chi connectivity index (χ4v) is 1.35. The average Bonchev–Trinajstić information content (AvgIpc) is 2.33. The molecule has 0 aliphatic carbocycles. The Morgan fingerprint density at radius 1 is 1.80 bits per heavy atom. The van der Waals surface area contributed by atoms with Gasteiger partial charge in [-0.2, -0.15) is 0 Å². The van der Waals surface area contributed by atoms with Crippen LogP contribution >= 0.6 is 11.3 Å². The van der Waals surface area contributed by atoms with Gasteiger partial charge in [-0.1, -0.05) is 0 Å². The standard InChI is InChI=1S/C6H7NO2S/c1-9-4-2-3-10-5(4)6(7)8/h2-3H,1H3,(H2,7,8). The van der Waals surface area contributed by atoms with Crippen molar-refractivity contribution in [3.05, 3.63) is 16.3 Å². The maximum Gasteiger partial charge on any atom is 0.262 e. The molecule has 10 heavy (non-hydrogen) atoms. The summed E-state index contributed by atoms with van der Waals surface area (Å²) in [7, 11) is 1.51. The van der Waals surface area contributed by atoms with E-state index in [0.29, 0.717) is 10.6 Å². The predicted molar refractivity (Wildman–Crippen MR) is 39.4 cm³/mol. The third kappa shape index (κ3) is 1.11. The smallest absolute Gasteiger partial charge is 0.262 e. The molecule has 1 amide bonds. The lowest BCUT2D eigenvalue weighted by atomic mass is 10.4. The first-order valence-electron chi connectivity index (χ1n) is 2.67. The van der Waals surface area contributed by atoms with Gasteiger partial charge in [-0.15, -0.1) is 11.3 Å². The number of hydrogen-bond donors (Lipinski definition) is 1. The molecule has 0 bridgehead atoms. The van der Waals surface area contributed by atoms with Gasteiger partial charge in [-0.25, -0.2) is 0 Å². The Morgan fingerprint density at radius 3 is 2.90 bits per heavy atom. The van der Waals surface area contributed by atoms with Crippen LogP contribution in [0.15, 0.2) is 11.4 Å². The van der Waals surface area contributed by atoms with Gasteiger partial charge in [0.2, 0.25) is 0 Å². The van der Waals surface area contributed by atoms with E-state index in [4.69, 9.17) is 10.5 Å². The van der Waals surface area contributed by atoms with E-state index in [1.807, 2.05) is 0 Å². The molecule has 0 atom stereocenters. The summed E-state index contributed by atoms with van der Waals surface area (Å²) in [5, 5.41) is 1.76. The quantitative estimate of drug-likeness (QED) is 0.692. The van der Waals surface area contributed by atoms with Gasteiger partial charge in [-0.05, 0) is 11.4 Å². The van der Waals surface area contributed by atoms with Crippen molar-refractivity contribution >= 4 is 17.2 Å². The number of nitrogens with two attached hydrogens (primary N) is 1. The van der Waals surface area contributed by atoms with E-state index < -0.39 is 5.91 Å². The summed E-state index contributed by atoms with van der Waals surface area (Å²) >= 11 is 1.28. The summed E-state index contributed by atoms with van der Waals surface area (Å²) in [4.78, 5) is 11.1. The number of rotatable bonds is 2. The second-order valence-corrected chi connectivity index (χ2v) is 2.60. The third-order valence-electron chi connectivity index (χ3n) is 1.07. The first kappa shape index (κ1) is 7.08. The number of carbonyl (C=O) groups is 1. The van der Waals surface area contributed by atoms with Crippen LogP contribution in [0.4, 0.5) is 0 Å². The van der Waals surface area contributed by atoms with E-state index in [9.17, 15) is 4.79 Å². The highest BCUT2D eigenvalue weighted by Crippen LogP contribution is 2.22. The number of amides is 1. The molecule has 1 aromatic rings. The van der Waals surface area contributed by atoms with Crippen molar-refractivity contribution in [3.8, 4) is 5.75 Å². The van der Waals surface area contributed by atoms with Crippen LogP contribution < -0.4 is 10.5 Å². The van der Waals surface area contributed by atoms with Gasteiger partial charge in [0.15, 0.2) is 0 Å². The van der Waals surface area contributed by atoms with E-state index >= 15 is 0 Å². The van der Waals surface area contributed by atoms with Gasteiger partial charge >= 0.3 is 0 Å². The van der Waals surface area contributed by atoms with Gasteiger partial charge < -0.3 is 10.5 Å². The molecule has 0 fully saturated rings. The third-order valence-corrected chi connectivity index (χ3v) is 1.98. The van der Waals surface area contributed by atoms with Crippen LogP contribution in [0, 0.1) is 0 Å². The van der Waals surface area contributed by atoms with E-state index in [1.165, 1.54) is 18.4 Å². The Kier molecular flexibility index (Phi) is 1.91. The molecule has 0 saturated heterocycles. The Morgan fingerprint density at radius 2 is 2.50 bits per heavy atom. The molecule has 4 heteroatoms. The largest absolute Gasteiger partial charge is 0.495 e. The zero-order chi connectivity index (χ0) is 7.56. The lowest BCUT2D eigenvalue weighted by molar-refractivity contribution is 0.100. The normalized spacial score (nSPS) is 9.30. The molecule has 1 aromatic heterocycles. The molecule has 2 N–H and O–H groups in total. The van der Waals surface area contributed by atoms with Crippen LogP contribution in [0.1, 0.15) is 9.67 Å². The fraction of sp³-hybridized carbons (Fsp3) is 0.167. The van der Waals surface area contributed by atoms with Crippen molar-refractivity contribution in [1.82, 2.24) is 0 Å². The lowest BCUT2D eigenvalue weighted by Gasteiger charge is -1.95. The van der Waals surface area contributed by atoms with Crippen molar-refractivity contribution in [2.75, 3.05) is 7.11 Å². The average molecular weight is 157 g/mol. The monoisotopic (exact) mass is 157 g/mol. The molecule has 0 radical (unpaired) electrons. The molecule has 0 aliphatic heterocycles. The van der Waals surface area contributed by atoms with Crippen LogP contribution in [0.25, 0.3) is 0 Å². The Hall–Kier alpha value is -1.03. The van der Waals surface area contributed by atoms with Crippen molar-refractivity contribution in [2.45, 2.75) is 0 Å².